The summed E-state index contributed by atoms with van der Waals surface area (Å²) in [7, 11) is 0. The molecule has 0 radical (unpaired) electrons. The lowest BCUT2D eigenvalue weighted by molar-refractivity contribution is 0.647. The van der Waals surface area contributed by atoms with Crippen LogP contribution in [-0.2, 0) is 6.42 Å². The van der Waals surface area contributed by atoms with E-state index in [9.17, 15) is 0 Å². The molecule has 2 aromatic carbocycles. The highest BCUT2D eigenvalue weighted by molar-refractivity contribution is 5.73. The molecule has 2 heteroatoms. The first-order valence-corrected chi connectivity index (χ1v) is 6.76. The standard InChI is InChI=1S/C17H22N2/c1-12(2)10-14-5-7-15(8-6-14)19-17-9-4-13(3)11-16(17)18/h4-9,11-12,19H,10,18H2,1-3H3. The van der Waals surface area contributed by atoms with E-state index in [2.05, 4.69) is 49.5 Å². The van der Waals surface area contributed by atoms with Crippen LogP contribution in [0.1, 0.15) is 25.0 Å². The van der Waals surface area contributed by atoms with Gasteiger partial charge in [-0.15, -0.1) is 0 Å². The van der Waals surface area contributed by atoms with Crippen LogP contribution >= 0.6 is 0 Å². The summed E-state index contributed by atoms with van der Waals surface area (Å²) >= 11 is 0. The van der Waals surface area contributed by atoms with Gasteiger partial charge in [0.1, 0.15) is 0 Å². The van der Waals surface area contributed by atoms with Crippen LogP contribution in [0.5, 0.6) is 0 Å². The molecule has 3 N–H and O–H groups in total. The summed E-state index contributed by atoms with van der Waals surface area (Å²) in [5, 5.41) is 3.35. The van der Waals surface area contributed by atoms with Crippen molar-refractivity contribution in [2.45, 2.75) is 27.2 Å². The van der Waals surface area contributed by atoms with Gasteiger partial charge in [-0.25, -0.2) is 0 Å². The Balaban J connectivity index is 2.10. The summed E-state index contributed by atoms with van der Waals surface area (Å²) in [6, 6.07) is 14.6. The zero-order chi connectivity index (χ0) is 13.8. The summed E-state index contributed by atoms with van der Waals surface area (Å²) in [4.78, 5) is 0. The quantitative estimate of drug-likeness (QED) is 0.787. The number of rotatable bonds is 4. The Hall–Kier alpha value is -1.96. The van der Waals surface area contributed by atoms with Crippen molar-refractivity contribution in [1.29, 1.82) is 0 Å². The van der Waals surface area contributed by atoms with Crippen molar-refractivity contribution in [3.63, 3.8) is 0 Å². The predicted octanol–water partition coefficient (Wildman–Crippen LogP) is 4.52. The second-order valence-corrected chi connectivity index (χ2v) is 5.51. The maximum atomic E-state index is 6.00. The molecule has 2 nitrogen and oxygen atoms in total. The van der Waals surface area contributed by atoms with Gasteiger partial charge in [-0.3, -0.25) is 0 Å². The van der Waals surface area contributed by atoms with Gasteiger partial charge >= 0.3 is 0 Å². The van der Waals surface area contributed by atoms with Gasteiger partial charge in [0.2, 0.25) is 0 Å². The van der Waals surface area contributed by atoms with E-state index in [0.717, 1.165) is 23.5 Å². The van der Waals surface area contributed by atoms with Crippen LogP contribution in [0.25, 0.3) is 0 Å². The molecule has 0 fully saturated rings. The molecule has 2 rings (SSSR count). The maximum Gasteiger partial charge on any atom is 0.0618 e. The van der Waals surface area contributed by atoms with Crippen LogP contribution in [-0.4, -0.2) is 0 Å². The molecule has 0 aliphatic carbocycles. The van der Waals surface area contributed by atoms with E-state index in [1.165, 1.54) is 11.1 Å². The molecule has 0 unspecified atom stereocenters. The van der Waals surface area contributed by atoms with Crippen molar-refractivity contribution in [2.24, 2.45) is 5.92 Å². The number of nitrogen functional groups attached to an aromatic ring is 1. The van der Waals surface area contributed by atoms with Crippen LogP contribution in [0.3, 0.4) is 0 Å². The molecule has 0 aliphatic rings. The highest BCUT2D eigenvalue weighted by Crippen LogP contribution is 2.24. The molecule has 0 aromatic heterocycles. The van der Waals surface area contributed by atoms with Gasteiger partial charge in [0.05, 0.1) is 11.4 Å². The van der Waals surface area contributed by atoms with E-state index in [1.807, 2.05) is 19.1 Å². The molecule has 0 heterocycles. The number of benzene rings is 2. The number of hydrogen-bond donors (Lipinski definition) is 2. The normalized spacial score (nSPS) is 10.7. The smallest absolute Gasteiger partial charge is 0.0618 e. The number of anilines is 3. The van der Waals surface area contributed by atoms with Crippen molar-refractivity contribution in [2.75, 3.05) is 11.1 Å². The zero-order valence-corrected chi connectivity index (χ0v) is 11.9. The Morgan fingerprint density at radius 3 is 2.32 bits per heavy atom. The van der Waals surface area contributed by atoms with Crippen molar-refractivity contribution in [3.05, 3.63) is 53.6 Å². The van der Waals surface area contributed by atoms with Crippen molar-refractivity contribution < 1.29 is 0 Å². The highest BCUT2D eigenvalue weighted by atomic mass is 14.9. The molecule has 0 spiro atoms. The van der Waals surface area contributed by atoms with Crippen LogP contribution in [0, 0.1) is 12.8 Å². The first kappa shape index (κ1) is 13.5. The van der Waals surface area contributed by atoms with E-state index in [1.54, 1.807) is 0 Å². The molecule has 100 valence electrons. The lowest BCUT2D eigenvalue weighted by atomic mass is 10.0. The van der Waals surface area contributed by atoms with Gasteiger partial charge in [0.25, 0.3) is 0 Å². The van der Waals surface area contributed by atoms with E-state index in [-0.39, 0.29) is 0 Å². The van der Waals surface area contributed by atoms with Crippen LogP contribution in [0.15, 0.2) is 42.5 Å². The largest absolute Gasteiger partial charge is 0.397 e. The number of aryl methyl sites for hydroxylation is 1. The fourth-order valence-corrected chi connectivity index (χ4v) is 2.15. The number of nitrogens with one attached hydrogen (secondary N) is 1. The zero-order valence-electron chi connectivity index (χ0n) is 11.9. The maximum absolute atomic E-state index is 6.00. The molecule has 0 amide bonds. The third kappa shape index (κ3) is 3.75. The number of hydrogen-bond acceptors (Lipinski definition) is 2. The average Bonchev–Trinajstić information content (AvgIpc) is 2.34. The second kappa shape index (κ2) is 5.79. The average molecular weight is 254 g/mol. The first-order valence-electron chi connectivity index (χ1n) is 6.76. The van der Waals surface area contributed by atoms with Crippen LogP contribution in [0.2, 0.25) is 0 Å². The van der Waals surface area contributed by atoms with E-state index in [4.69, 9.17) is 5.73 Å². The minimum atomic E-state index is 0.687. The fraction of sp³-hybridized carbons (Fsp3) is 0.294. The topological polar surface area (TPSA) is 38.0 Å². The summed E-state index contributed by atoms with van der Waals surface area (Å²) in [6.45, 7) is 6.51. The Bertz CT molecular complexity index is 542. The van der Waals surface area contributed by atoms with Gasteiger partial charge < -0.3 is 11.1 Å². The van der Waals surface area contributed by atoms with E-state index < -0.39 is 0 Å². The summed E-state index contributed by atoms with van der Waals surface area (Å²) in [6.07, 6.45) is 1.12. The molecule has 19 heavy (non-hydrogen) atoms. The molecule has 0 bridgehead atoms. The van der Waals surface area contributed by atoms with Crippen molar-refractivity contribution in [1.82, 2.24) is 0 Å². The Labute approximate surface area is 115 Å². The fourth-order valence-electron chi connectivity index (χ4n) is 2.15. The Kier molecular flexibility index (Phi) is 4.10. The molecule has 2 aromatic rings. The molecular formula is C17H22N2. The monoisotopic (exact) mass is 254 g/mol. The molecule has 0 aliphatic heterocycles. The van der Waals surface area contributed by atoms with Gasteiger partial charge in [-0.2, -0.15) is 0 Å². The molecule has 0 atom stereocenters. The van der Waals surface area contributed by atoms with Crippen molar-refractivity contribution >= 4 is 17.1 Å². The second-order valence-electron chi connectivity index (χ2n) is 5.51. The van der Waals surface area contributed by atoms with Crippen LogP contribution in [0.4, 0.5) is 17.1 Å². The molecule has 0 saturated carbocycles. The van der Waals surface area contributed by atoms with E-state index >= 15 is 0 Å². The van der Waals surface area contributed by atoms with Gasteiger partial charge in [0, 0.05) is 5.69 Å². The van der Waals surface area contributed by atoms with Gasteiger partial charge in [-0.1, -0.05) is 32.0 Å². The van der Waals surface area contributed by atoms with Crippen LogP contribution < -0.4 is 11.1 Å². The minimum absolute atomic E-state index is 0.687. The van der Waals surface area contributed by atoms with Gasteiger partial charge in [-0.05, 0) is 54.7 Å². The molecular weight excluding hydrogens is 232 g/mol. The Morgan fingerprint density at radius 1 is 1.05 bits per heavy atom. The van der Waals surface area contributed by atoms with Crippen molar-refractivity contribution in [3.8, 4) is 0 Å². The molecule has 0 saturated heterocycles. The Morgan fingerprint density at radius 2 is 1.74 bits per heavy atom. The lowest BCUT2D eigenvalue weighted by Crippen LogP contribution is -1.98. The third-order valence-corrected chi connectivity index (χ3v) is 3.08. The minimum Gasteiger partial charge on any atom is -0.397 e. The highest BCUT2D eigenvalue weighted by Gasteiger charge is 2.01. The third-order valence-electron chi connectivity index (χ3n) is 3.08. The predicted molar refractivity (Wildman–Crippen MR) is 83.9 cm³/mol. The summed E-state index contributed by atoms with van der Waals surface area (Å²) in [5.41, 5.74) is 11.4. The first-order chi connectivity index (χ1) is 9.04. The SMILES string of the molecule is Cc1ccc(Nc2ccc(CC(C)C)cc2)c(N)c1. The lowest BCUT2D eigenvalue weighted by Gasteiger charge is -2.11. The summed E-state index contributed by atoms with van der Waals surface area (Å²) < 4.78 is 0. The van der Waals surface area contributed by atoms with E-state index in [0.29, 0.717) is 5.92 Å². The summed E-state index contributed by atoms with van der Waals surface area (Å²) in [5.74, 6) is 0.687. The number of nitrogens with two attached hydrogens (primary N) is 1. The van der Waals surface area contributed by atoms with Gasteiger partial charge in [0.15, 0.2) is 0 Å².